The number of phenols is 1. The van der Waals surface area contributed by atoms with Crippen molar-refractivity contribution in [2.75, 3.05) is 23.4 Å². The molecule has 1 N–H and O–H groups in total. The first-order chi connectivity index (χ1) is 13.0. The molecule has 138 valence electrons. The molecule has 0 saturated heterocycles. The van der Waals surface area contributed by atoms with E-state index in [1.165, 1.54) is 0 Å². The molecule has 0 fully saturated rings. The summed E-state index contributed by atoms with van der Waals surface area (Å²) in [6.07, 6.45) is 4.53. The van der Waals surface area contributed by atoms with Gasteiger partial charge in [-0.3, -0.25) is 9.69 Å². The Morgan fingerprint density at radius 1 is 1.15 bits per heavy atom. The Hall–Kier alpha value is -3.28. The average Bonchev–Trinajstić information content (AvgIpc) is 3.19. The molecular formula is C21H22N4O2. The number of likely N-dealkylation sites (N-methyl/N-ethyl adjacent to an activating group) is 1. The second-order valence-corrected chi connectivity index (χ2v) is 6.93. The summed E-state index contributed by atoms with van der Waals surface area (Å²) in [4.78, 5) is 21.8. The fraction of sp³-hybridized carbons (Fsp3) is 0.238. The maximum Gasteiger partial charge on any atom is 0.264 e. The average molecular weight is 362 g/mol. The van der Waals surface area contributed by atoms with Crippen molar-refractivity contribution in [3.8, 4) is 5.75 Å². The van der Waals surface area contributed by atoms with Gasteiger partial charge in [0.05, 0.1) is 17.4 Å². The Kier molecular flexibility index (Phi) is 4.11. The van der Waals surface area contributed by atoms with Crippen molar-refractivity contribution >= 4 is 23.1 Å². The Labute approximate surface area is 158 Å². The summed E-state index contributed by atoms with van der Waals surface area (Å²) >= 11 is 0. The van der Waals surface area contributed by atoms with E-state index < -0.39 is 0 Å². The number of hydrogen-bond donors (Lipinski definition) is 1. The maximum atomic E-state index is 13.4. The second kappa shape index (κ2) is 6.46. The fourth-order valence-electron chi connectivity index (χ4n) is 3.48. The molecule has 0 saturated carbocycles. The van der Waals surface area contributed by atoms with Crippen LogP contribution >= 0.6 is 0 Å². The first-order valence-electron chi connectivity index (χ1n) is 8.91. The summed E-state index contributed by atoms with van der Waals surface area (Å²) in [6.45, 7) is 2.86. The molecule has 1 aromatic carbocycles. The van der Waals surface area contributed by atoms with Crippen molar-refractivity contribution in [1.29, 1.82) is 0 Å². The first-order valence-corrected chi connectivity index (χ1v) is 8.91. The number of nitrogens with zero attached hydrogens (tertiary/aromatic N) is 4. The predicted octanol–water partition coefficient (Wildman–Crippen LogP) is 3.40. The van der Waals surface area contributed by atoms with E-state index in [-0.39, 0.29) is 11.7 Å². The van der Waals surface area contributed by atoms with E-state index in [0.29, 0.717) is 11.3 Å². The number of pyridine rings is 1. The van der Waals surface area contributed by atoms with Crippen LogP contribution in [-0.2, 0) is 13.5 Å². The number of rotatable bonds is 3. The van der Waals surface area contributed by atoms with Gasteiger partial charge in [-0.05, 0) is 55.3 Å². The number of carbonyl (C=O) groups excluding carboxylic acids is 1. The number of aryl methyl sites for hydroxylation is 1. The smallest absolute Gasteiger partial charge is 0.264 e. The van der Waals surface area contributed by atoms with Crippen LogP contribution in [0.25, 0.3) is 0 Å². The van der Waals surface area contributed by atoms with Crippen molar-refractivity contribution in [2.24, 2.45) is 7.05 Å². The molecule has 0 atom stereocenters. The van der Waals surface area contributed by atoms with E-state index in [9.17, 15) is 9.90 Å². The highest BCUT2D eigenvalue weighted by atomic mass is 16.3. The van der Waals surface area contributed by atoms with Crippen LogP contribution < -0.4 is 9.80 Å². The number of amides is 1. The van der Waals surface area contributed by atoms with Gasteiger partial charge in [-0.15, -0.1) is 0 Å². The van der Waals surface area contributed by atoms with Crippen LogP contribution in [0.5, 0.6) is 5.75 Å². The molecular weight excluding hydrogens is 340 g/mol. The van der Waals surface area contributed by atoms with E-state index in [2.05, 4.69) is 9.88 Å². The third-order valence-corrected chi connectivity index (χ3v) is 5.19. The van der Waals surface area contributed by atoms with Crippen LogP contribution in [0.1, 0.15) is 21.6 Å². The number of anilines is 3. The zero-order valence-corrected chi connectivity index (χ0v) is 15.7. The summed E-state index contributed by atoms with van der Waals surface area (Å²) in [7, 11) is 3.94. The minimum atomic E-state index is -0.119. The van der Waals surface area contributed by atoms with E-state index in [1.54, 1.807) is 35.4 Å². The molecule has 3 aromatic rings. The molecule has 1 amide bonds. The van der Waals surface area contributed by atoms with Gasteiger partial charge in [0.15, 0.2) is 0 Å². The number of aromatic nitrogens is 2. The molecule has 4 rings (SSSR count). The molecule has 6 heteroatoms. The number of phenolic OH excluding ortho intramolecular Hbond substituents is 1. The van der Waals surface area contributed by atoms with Crippen molar-refractivity contribution in [2.45, 2.75) is 13.3 Å². The topological polar surface area (TPSA) is 61.6 Å². The number of benzene rings is 1. The molecule has 1 aliphatic heterocycles. The normalized spacial score (nSPS) is 12.9. The number of aromatic hydroxyl groups is 1. The van der Waals surface area contributed by atoms with Gasteiger partial charge in [0.25, 0.3) is 5.91 Å². The molecule has 1 aliphatic rings. The van der Waals surface area contributed by atoms with Gasteiger partial charge in [0, 0.05) is 38.2 Å². The van der Waals surface area contributed by atoms with Gasteiger partial charge >= 0.3 is 0 Å². The summed E-state index contributed by atoms with van der Waals surface area (Å²) in [5.41, 5.74) is 4.09. The fourth-order valence-corrected chi connectivity index (χ4v) is 3.48. The Bertz CT molecular complexity index is 1010. The largest absolute Gasteiger partial charge is 0.508 e. The molecule has 0 aliphatic carbocycles. The lowest BCUT2D eigenvalue weighted by Crippen LogP contribution is -2.26. The molecule has 0 unspecified atom stereocenters. The van der Waals surface area contributed by atoms with Gasteiger partial charge in [-0.2, -0.15) is 0 Å². The van der Waals surface area contributed by atoms with Crippen LogP contribution in [0.2, 0.25) is 0 Å². The molecule has 0 bridgehead atoms. The van der Waals surface area contributed by atoms with Crippen molar-refractivity contribution < 1.29 is 9.90 Å². The molecule has 2 aromatic heterocycles. The van der Waals surface area contributed by atoms with Crippen LogP contribution in [0.4, 0.5) is 17.2 Å². The van der Waals surface area contributed by atoms with E-state index in [4.69, 9.17) is 0 Å². The SMILES string of the molecule is Cc1c(C(=O)N(c2ccc(O)cc2)c2cnc3c(c2)CCN3C)ccn1C. The highest BCUT2D eigenvalue weighted by Gasteiger charge is 2.25. The molecule has 0 spiro atoms. The quantitative estimate of drug-likeness (QED) is 0.776. The second-order valence-electron chi connectivity index (χ2n) is 6.93. The van der Waals surface area contributed by atoms with Gasteiger partial charge in [0.1, 0.15) is 11.6 Å². The van der Waals surface area contributed by atoms with Gasteiger partial charge in [-0.1, -0.05) is 0 Å². The lowest BCUT2D eigenvalue weighted by atomic mass is 10.1. The molecule has 0 radical (unpaired) electrons. The molecule has 27 heavy (non-hydrogen) atoms. The van der Waals surface area contributed by atoms with Crippen LogP contribution in [0, 0.1) is 6.92 Å². The van der Waals surface area contributed by atoms with Crippen molar-refractivity contribution in [3.63, 3.8) is 0 Å². The van der Waals surface area contributed by atoms with Crippen LogP contribution in [0.15, 0.2) is 48.8 Å². The van der Waals surface area contributed by atoms with E-state index >= 15 is 0 Å². The van der Waals surface area contributed by atoms with Gasteiger partial charge < -0.3 is 14.6 Å². The molecule has 3 heterocycles. The van der Waals surface area contributed by atoms with E-state index in [0.717, 1.165) is 35.7 Å². The summed E-state index contributed by atoms with van der Waals surface area (Å²) in [6, 6.07) is 10.5. The van der Waals surface area contributed by atoms with Gasteiger partial charge in [0.2, 0.25) is 0 Å². The summed E-state index contributed by atoms with van der Waals surface area (Å²) in [5.74, 6) is 1.01. The first kappa shape index (κ1) is 17.1. The minimum Gasteiger partial charge on any atom is -0.508 e. The molecule has 6 nitrogen and oxygen atoms in total. The van der Waals surface area contributed by atoms with Gasteiger partial charge in [-0.25, -0.2) is 4.98 Å². The third-order valence-electron chi connectivity index (χ3n) is 5.19. The lowest BCUT2D eigenvalue weighted by Gasteiger charge is -2.24. The predicted molar refractivity (Wildman–Crippen MR) is 106 cm³/mol. The summed E-state index contributed by atoms with van der Waals surface area (Å²) < 4.78 is 1.93. The highest BCUT2D eigenvalue weighted by molar-refractivity contribution is 6.11. The van der Waals surface area contributed by atoms with Crippen LogP contribution in [0.3, 0.4) is 0 Å². The number of fused-ring (bicyclic) bond motifs is 1. The Morgan fingerprint density at radius 3 is 2.56 bits per heavy atom. The summed E-state index contributed by atoms with van der Waals surface area (Å²) in [5, 5.41) is 9.64. The maximum absolute atomic E-state index is 13.4. The standard InChI is InChI=1S/C21H22N4O2/c1-14-19(9-11-23(14)2)21(27)25(16-4-6-18(26)7-5-16)17-12-15-8-10-24(3)20(15)22-13-17/h4-7,9,11-13,26H,8,10H2,1-3H3. The Balaban J connectivity index is 1.83. The number of hydrogen-bond acceptors (Lipinski definition) is 4. The Morgan fingerprint density at radius 2 is 1.89 bits per heavy atom. The minimum absolute atomic E-state index is 0.119. The van der Waals surface area contributed by atoms with Crippen molar-refractivity contribution in [1.82, 2.24) is 9.55 Å². The lowest BCUT2D eigenvalue weighted by molar-refractivity contribution is 0.0998. The zero-order chi connectivity index (χ0) is 19.1. The third kappa shape index (κ3) is 2.93. The zero-order valence-electron chi connectivity index (χ0n) is 15.7. The van der Waals surface area contributed by atoms with E-state index in [1.807, 2.05) is 43.9 Å². The highest BCUT2D eigenvalue weighted by Crippen LogP contribution is 2.33. The van der Waals surface area contributed by atoms with Crippen molar-refractivity contribution in [3.05, 3.63) is 65.6 Å². The van der Waals surface area contributed by atoms with Crippen LogP contribution in [-0.4, -0.2) is 34.2 Å². The monoisotopic (exact) mass is 362 g/mol. The number of carbonyl (C=O) groups is 1.